The molecule has 0 saturated heterocycles. The van der Waals surface area contributed by atoms with E-state index in [1.807, 2.05) is 13.8 Å². The Bertz CT molecular complexity index is 620. The van der Waals surface area contributed by atoms with Crippen LogP contribution in [0.2, 0.25) is 0 Å². The third kappa shape index (κ3) is 5.05. The minimum Gasteiger partial charge on any atom is -0.358 e. The van der Waals surface area contributed by atoms with E-state index in [1.54, 1.807) is 0 Å². The van der Waals surface area contributed by atoms with Crippen LogP contribution in [0.4, 0.5) is 4.39 Å². The summed E-state index contributed by atoms with van der Waals surface area (Å²) in [5.74, 6) is -0.831. The number of hydrogen-bond donors (Lipinski definition) is 2. The lowest BCUT2D eigenvalue weighted by Crippen LogP contribution is -2.46. The molecule has 1 rings (SSSR count). The average molecular weight is 381 g/mol. The summed E-state index contributed by atoms with van der Waals surface area (Å²) in [7, 11) is -2.49. The van der Waals surface area contributed by atoms with E-state index >= 15 is 0 Å². The molecule has 0 aliphatic carbocycles. The van der Waals surface area contributed by atoms with Gasteiger partial charge in [-0.2, -0.15) is 4.72 Å². The summed E-state index contributed by atoms with van der Waals surface area (Å²) in [6.45, 7) is 3.77. The monoisotopic (exact) mass is 380 g/mol. The van der Waals surface area contributed by atoms with E-state index in [0.29, 0.717) is 6.42 Å². The number of rotatable bonds is 6. The Morgan fingerprint density at radius 3 is 2.48 bits per heavy atom. The van der Waals surface area contributed by atoms with E-state index in [9.17, 15) is 17.6 Å². The third-order valence-corrected chi connectivity index (χ3v) is 5.20. The Morgan fingerprint density at radius 1 is 1.38 bits per heavy atom. The van der Waals surface area contributed by atoms with Crippen molar-refractivity contribution in [3.05, 3.63) is 28.5 Å². The molecule has 0 aromatic heterocycles. The van der Waals surface area contributed by atoms with Crippen LogP contribution < -0.4 is 10.0 Å². The summed E-state index contributed by atoms with van der Waals surface area (Å²) in [5.41, 5.74) is 0. The summed E-state index contributed by atoms with van der Waals surface area (Å²) in [6.07, 6.45) is 0.359. The van der Waals surface area contributed by atoms with Crippen LogP contribution >= 0.6 is 15.9 Å². The van der Waals surface area contributed by atoms with E-state index in [2.05, 4.69) is 26.0 Å². The molecule has 5 nitrogen and oxygen atoms in total. The molecule has 0 radical (unpaired) electrons. The van der Waals surface area contributed by atoms with E-state index in [-0.39, 0.29) is 15.3 Å². The van der Waals surface area contributed by atoms with E-state index in [0.717, 1.165) is 18.2 Å². The van der Waals surface area contributed by atoms with Crippen LogP contribution in [0.5, 0.6) is 0 Å². The number of sulfonamides is 1. The number of hydrogen-bond acceptors (Lipinski definition) is 3. The smallest absolute Gasteiger partial charge is 0.242 e. The number of benzene rings is 1. The van der Waals surface area contributed by atoms with Crippen LogP contribution in [-0.2, 0) is 14.8 Å². The molecular formula is C13H18BrFN2O3S. The van der Waals surface area contributed by atoms with E-state index in [1.165, 1.54) is 7.05 Å². The van der Waals surface area contributed by atoms with Gasteiger partial charge in [-0.1, -0.05) is 13.8 Å². The Hall–Kier alpha value is -0.990. The van der Waals surface area contributed by atoms with Gasteiger partial charge in [0.2, 0.25) is 15.9 Å². The number of nitrogens with one attached hydrogen (secondary N) is 2. The van der Waals surface area contributed by atoms with Crippen LogP contribution in [-0.4, -0.2) is 27.4 Å². The molecule has 1 aromatic carbocycles. The highest BCUT2D eigenvalue weighted by Gasteiger charge is 2.27. The Kier molecular flexibility index (Phi) is 6.30. The van der Waals surface area contributed by atoms with Crippen molar-refractivity contribution in [2.24, 2.45) is 5.92 Å². The first-order valence-corrected chi connectivity index (χ1v) is 8.64. The van der Waals surface area contributed by atoms with Crippen molar-refractivity contribution < 1.29 is 17.6 Å². The van der Waals surface area contributed by atoms with Gasteiger partial charge in [-0.25, -0.2) is 12.8 Å². The zero-order chi connectivity index (χ0) is 16.2. The molecule has 2 N–H and O–H groups in total. The predicted molar refractivity (Wildman–Crippen MR) is 81.7 cm³/mol. The third-order valence-electron chi connectivity index (χ3n) is 2.75. The van der Waals surface area contributed by atoms with Crippen LogP contribution in [0.25, 0.3) is 0 Å². The zero-order valence-corrected chi connectivity index (χ0v) is 14.4. The minimum atomic E-state index is -3.93. The minimum absolute atomic E-state index is 0.107. The number of carbonyl (C=O) groups excluding carboxylic acids is 1. The van der Waals surface area contributed by atoms with Crippen molar-refractivity contribution in [1.29, 1.82) is 0 Å². The van der Waals surface area contributed by atoms with Crippen LogP contribution in [0, 0.1) is 11.7 Å². The van der Waals surface area contributed by atoms with E-state index < -0.39 is 27.8 Å². The summed E-state index contributed by atoms with van der Waals surface area (Å²) in [4.78, 5) is 11.7. The molecule has 0 aliphatic rings. The molecule has 0 aliphatic heterocycles. The topological polar surface area (TPSA) is 75.3 Å². The average Bonchev–Trinajstić information content (AvgIpc) is 2.35. The van der Waals surface area contributed by atoms with Gasteiger partial charge >= 0.3 is 0 Å². The second kappa shape index (κ2) is 7.33. The molecule has 21 heavy (non-hydrogen) atoms. The standard InChI is InChI=1S/C13H18BrFN2O3S/c1-8(2)6-11(13(18)16-3)17-21(19,20)12-5-4-9(15)7-10(12)14/h4-5,7-8,11,17H,6H2,1-3H3,(H,16,18). The van der Waals surface area contributed by atoms with Crippen molar-refractivity contribution in [3.8, 4) is 0 Å². The maximum atomic E-state index is 13.0. The van der Waals surface area contributed by atoms with Gasteiger partial charge in [0, 0.05) is 11.5 Å². The van der Waals surface area contributed by atoms with Gasteiger partial charge in [0.15, 0.2) is 0 Å². The van der Waals surface area contributed by atoms with E-state index in [4.69, 9.17) is 0 Å². The lowest BCUT2D eigenvalue weighted by molar-refractivity contribution is -0.122. The fourth-order valence-electron chi connectivity index (χ4n) is 1.80. The molecule has 1 amide bonds. The molecule has 1 atom stereocenters. The largest absolute Gasteiger partial charge is 0.358 e. The van der Waals surface area contributed by atoms with Crippen LogP contribution in [0.1, 0.15) is 20.3 Å². The van der Waals surface area contributed by atoms with Crippen molar-refractivity contribution in [3.63, 3.8) is 0 Å². The van der Waals surface area contributed by atoms with Gasteiger partial charge in [0.25, 0.3) is 0 Å². The van der Waals surface area contributed by atoms with Crippen molar-refractivity contribution in [2.45, 2.75) is 31.2 Å². The Labute approximate surface area is 132 Å². The lowest BCUT2D eigenvalue weighted by atomic mass is 10.0. The molecule has 1 unspecified atom stereocenters. The molecule has 118 valence electrons. The number of carbonyl (C=O) groups is 1. The second-order valence-electron chi connectivity index (χ2n) is 4.99. The fourth-order valence-corrected chi connectivity index (χ4v) is 4.06. The summed E-state index contributed by atoms with van der Waals surface area (Å²) in [6, 6.07) is 2.39. The molecule has 0 heterocycles. The molecule has 0 spiro atoms. The van der Waals surface area contributed by atoms with Crippen molar-refractivity contribution >= 4 is 31.9 Å². The number of halogens is 2. The van der Waals surface area contributed by atoms with Gasteiger partial charge in [-0.3, -0.25) is 4.79 Å². The van der Waals surface area contributed by atoms with Gasteiger partial charge in [0.1, 0.15) is 11.9 Å². The molecule has 0 fully saturated rings. The zero-order valence-electron chi connectivity index (χ0n) is 12.0. The maximum Gasteiger partial charge on any atom is 0.242 e. The van der Waals surface area contributed by atoms with Crippen molar-refractivity contribution in [1.82, 2.24) is 10.0 Å². The normalized spacial score (nSPS) is 13.2. The summed E-state index contributed by atoms with van der Waals surface area (Å²) in [5, 5.41) is 2.43. The first-order chi connectivity index (χ1) is 9.67. The number of likely N-dealkylation sites (N-methyl/N-ethyl adjacent to an activating group) is 1. The van der Waals surface area contributed by atoms with Crippen LogP contribution in [0.15, 0.2) is 27.6 Å². The lowest BCUT2D eigenvalue weighted by Gasteiger charge is -2.19. The molecule has 8 heteroatoms. The highest BCUT2D eigenvalue weighted by atomic mass is 79.9. The summed E-state index contributed by atoms with van der Waals surface area (Å²) >= 11 is 3.02. The van der Waals surface area contributed by atoms with Gasteiger partial charge in [-0.05, 0) is 46.5 Å². The fraction of sp³-hybridized carbons (Fsp3) is 0.462. The van der Waals surface area contributed by atoms with Crippen LogP contribution in [0.3, 0.4) is 0 Å². The summed E-state index contributed by atoms with van der Waals surface area (Å²) < 4.78 is 40.2. The molecular weight excluding hydrogens is 363 g/mol. The Balaban J connectivity index is 3.08. The highest BCUT2D eigenvalue weighted by molar-refractivity contribution is 9.10. The van der Waals surface area contributed by atoms with Gasteiger partial charge < -0.3 is 5.32 Å². The van der Waals surface area contributed by atoms with Gasteiger partial charge in [-0.15, -0.1) is 0 Å². The predicted octanol–water partition coefficient (Wildman–Crippen LogP) is 2.03. The first kappa shape index (κ1) is 18.1. The SMILES string of the molecule is CNC(=O)C(CC(C)C)NS(=O)(=O)c1ccc(F)cc1Br. The second-order valence-corrected chi connectivity index (χ2v) is 7.53. The number of amides is 1. The maximum absolute atomic E-state index is 13.0. The quantitative estimate of drug-likeness (QED) is 0.792. The van der Waals surface area contributed by atoms with Crippen molar-refractivity contribution in [2.75, 3.05) is 7.05 Å². The molecule has 0 saturated carbocycles. The molecule has 0 bridgehead atoms. The first-order valence-electron chi connectivity index (χ1n) is 6.36. The highest BCUT2D eigenvalue weighted by Crippen LogP contribution is 2.23. The molecule has 1 aromatic rings. The Morgan fingerprint density at radius 2 is 2.00 bits per heavy atom. The van der Waals surface area contributed by atoms with Gasteiger partial charge in [0.05, 0.1) is 4.90 Å².